The van der Waals surface area contributed by atoms with Crippen molar-refractivity contribution in [3.05, 3.63) is 93.3 Å². The van der Waals surface area contributed by atoms with Gasteiger partial charge in [-0.2, -0.15) is 5.10 Å². The van der Waals surface area contributed by atoms with Gasteiger partial charge in [-0.1, -0.05) is 53.5 Å². The molecular formula is C25H19Cl2N3O3S. The van der Waals surface area contributed by atoms with Crippen molar-refractivity contribution in [2.24, 2.45) is 5.10 Å². The van der Waals surface area contributed by atoms with Crippen LogP contribution in [0.4, 0.5) is 5.13 Å². The summed E-state index contributed by atoms with van der Waals surface area (Å²) in [6, 6.07) is 19.6. The van der Waals surface area contributed by atoms with Crippen molar-refractivity contribution in [2.45, 2.75) is 6.92 Å². The fraction of sp³-hybridized carbons (Fsp3) is 0.0800. The van der Waals surface area contributed by atoms with Crippen LogP contribution in [-0.2, 0) is 0 Å². The smallest absolute Gasteiger partial charge is 0.343 e. The molecule has 4 rings (SSSR count). The number of esters is 1. The topological polar surface area (TPSA) is 72.8 Å². The average Bonchev–Trinajstić information content (AvgIpc) is 3.32. The first-order valence-electron chi connectivity index (χ1n) is 10.3. The van der Waals surface area contributed by atoms with Gasteiger partial charge in [-0.3, -0.25) is 5.43 Å². The zero-order valence-corrected chi connectivity index (χ0v) is 20.3. The number of carbonyl (C=O) groups is 1. The molecule has 6 nitrogen and oxygen atoms in total. The van der Waals surface area contributed by atoms with Gasteiger partial charge in [0.25, 0.3) is 0 Å². The predicted octanol–water partition coefficient (Wildman–Crippen LogP) is 7.18. The minimum absolute atomic E-state index is 0.274. The average molecular weight is 512 g/mol. The van der Waals surface area contributed by atoms with Crippen LogP contribution >= 0.6 is 34.5 Å². The first-order chi connectivity index (χ1) is 16.5. The Balaban J connectivity index is 1.44. The molecule has 0 saturated heterocycles. The van der Waals surface area contributed by atoms with Gasteiger partial charge >= 0.3 is 5.97 Å². The minimum atomic E-state index is -0.569. The number of anilines is 1. The molecule has 0 spiro atoms. The number of benzene rings is 3. The van der Waals surface area contributed by atoms with Crippen molar-refractivity contribution >= 4 is 51.9 Å². The molecule has 9 heteroatoms. The third-order valence-corrected chi connectivity index (χ3v) is 6.06. The van der Waals surface area contributed by atoms with E-state index in [0.29, 0.717) is 22.5 Å². The van der Waals surface area contributed by atoms with Crippen molar-refractivity contribution in [3.8, 4) is 22.8 Å². The molecule has 0 radical (unpaired) electrons. The molecular weight excluding hydrogens is 493 g/mol. The van der Waals surface area contributed by atoms with Gasteiger partial charge in [0.2, 0.25) is 5.13 Å². The molecule has 1 N–H and O–H groups in total. The van der Waals surface area contributed by atoms with Gasteiger partial charge in [-0.15, -0.1) is 11.3 Å². The number of aromatic nitrogens is 1. The van der Waals surface area contributed by atoms with Crippen molar-refractivity contribution in [1.82, 2.24) is 4.98 Å². The van der Waals surface area contributed by atoms with Crippen LogP contribution in [0.25, 0.3) is 11.3 Å². The summed E-state index contributed by atoms with van der Waals surface area (Å²) in [5, 5.41) is 7.54. The summed E-state index contributed by atoms with van der Waals surface area (Å²) >= 11 is 13.4. The second-order valence-electron chi connectivity index (χ2n) is 6.93. The Morgan fingerprint density at radius 3 is 2.65 bits per heavy atom. The Kier molecular flexibility index (Phi) is 7.80. The summed E-state index contributed by atoms with van der Waals surface area (Å²) in [7, 11) is 0. The quantitative estimate of drug-likeness (QED) is 0.117. The number of hydrogen-bond donors (Lipinski definition) is 1. The Morgan fingerprint density at radius 1 is 1.06 bits per heavy atom. The van der Waals surface area contributed by atoms with Crippen molar-refractivity contribution in [2.75, 3.05) is 12.0 Å². The SMILES string of the molecule is CCOc1cc(/C=N\Nc2nc(-c3ccccc3)cs2)ccc1OC(=O)c1ccc(Cl)c(Cl)c1. The highest BCUT2D eigenvalue weighted by atomic mass is 35.5. The number of hydrazone groups is 1. The third kappa shape index (κ3) is 5.94. The summed E-state index contributed by atoms with van der Waals surface area (Å²) < 4.78 is 11.2. The molecule has 0 fully saturated rings. The van der Waals surface area contributed by atoms with E-state index in [0.717, 1.165) is 16.8 Å². The van der Waals surface area contributed by atoms with Crippen LogP contribution in [0.3, 0.4) is 0 Å². The van der Waals surface area contributed by atoms with Crippen LogP contribution < -0.4 is 14.9 Å². The first kappa shape index (κ1) is 23.8. The summed E-state index contributed by atoms with van der Waals surface area (Å²) in [6.45, 7) is 2.25. The molecule has 0 atom stereocenters. The molecule has 0 amide bonds. The monoisotopic (exact) mass is 511 g/mol. The van der Waals surface area contributed by atoms with Crippen molar-refractivity contribution in [3.63, 3.8) is 0 Å². The lowest BCUT2D eigenvalue weighted by atomic mass is 10.2. The van der Waals surface area contributed by atoms with E-state index in [2.05, 4.69) is 15.5 Å². The third-order valence-electron chi connectivity index (χ3n) is 4.57. The maximum atomic E-state index is 12.5. The fourth-order valence-electron chi connectivity index (χ4n) is 2.97. The number of nitrogens with zero attached hydrogens (tertiary/aromatic N) is 2. The lowest BCUT2D eigenvalue weighted by Crippen LogP contribution is -2.10. The maximum absolute atomic E-state index is 12.5. The summed E-state index contributed by atoms with van der Waals surface area (Å²) in [5.41, 5.74) is 5.91. The zero-order chi connectivity index (χ0) is 23.9. The summed E-state index contributed by atoms with van der Waals surface area (Å²) in [5.74, 6) is 0.136. The van der Waals surface area contributed by atoms with Gasteiger partial charge < -0.3 is 9.47 Å². The van der Waals surface area contributed by atoms with Gasteiger partial charge in [-0.25, -0.2) is 9.78 Å². The van der Waals surface area contributed by atoms with Crippen LogP contribution in [-0.4, -0.2) is 23.8 Å². The molecule has 1 heterocycles. The second-order valence-corrected chi connectivity index (χ2v) is 8.60. The number of thiazole rings is 1. The van der Waals surface area contributed by atoms with E-state index in [1.807, 2.05) is 42.6 Å². The minimum Gasteiger partial charge on any atom is -0.490 e. The van der Waals surface area contributed by atoms with Gasteiger partial charge in [-0.05, 0) is 48.9 Å². The van der Waals surface area contributed by atoms with Gasteiger partial charge in [0.15, 0.2) is 11.5 Å². The van der Waals surface area contributed by atoms with Gasteiger partial charge in [0.1, 0.15) is 0 Å². The summed E-state index contributed by atoms with van der Waals surface area (Å²) in [4.78, 5) is 17.1. The maximum Gasteiger partial charge on any atom is 0.343 e. The standard InChI is InChI=1S/C25H19Cl2N3O3S/c1-2-32-23-12-16(8-11-22(23)33-24(31)18-9-10-19(26)20(27)13-18)14-28-30-25-29-21(15-34-25)17-6-4-3-5-7-17/h3-15H,2H2,1H3,(H,29,30)/b28-14-. The van der Waals surface area contributed by atoms with Crippen molar-refractivity contribution < 1.29 is 14.3 Å². The molecule has 0 aliphatic carbocycles. The fourth-order valence-corrected chi connectivity index (χ4v) is 3.93. The van der Waals surface area contributed by atoms with Crippen LogP contribution in [0, 0.1) is 0 Å². The molecule has 0 aliphatic rings. The largest absolute Gasteiger partial charge is 0.490 e. The molecule has 34 heavy (non-hydrogen) atoms. The normalized spacial score (nSPS) is 10.9. The summed E-state index contributed by atoms with van der Waals surface area (Å²) in [6.07, 6.45) is 1.64. The molecule has 0 bridgehead atoms. The van der Waals surface area contributed by atoms with Crippen LogP contribution in [0.15, 0.2) is 77.2 Å². The number of ether oxygens (including phenoxy) is 2. The van der Waals surface area contributed by atoms with E-state index in [4.69, 9.17) is 32.7 Å². The molecule has 0 aliphatic heterocycles. The van der Waals surface area contributed by atoms with Gasteiger partial charge in [0.05, 0.1) is 34.1 Å². The highest BCUT2D eigenvalue weighted by Gasteiger charge is 2.14. The molecule has 1 aromatic heterocycles. The highest BCUT2D eigenvalue weighted by molar-refractivity contribution is 7.14. The molecule has 0 saturated carbocycles. The Hall–Kier alpha value is -3.39. The number of hydrogen-bond acceptors (Lipinski definition) is 7. The Bertz CT molecular complexity index is 1330. The predicted molar refractivity (Wildman–Crippen MR) is 138 cm³/mol. The zero-order valence-electron chi connectivity index (χ0n) is 18.0. The number of carbonyl (C=O) groups excluding carboxylic acids is 1. The van der Waals surface area contributed by atoms with Crippen LogP contribution in [0.5, 0.6) is 11.5 Å². The second kappa shape index (κ2) is 11.2. The number of rotatable bonds is 8. The van der Waals surface area contributed by atoms with Gasteiger partial charge in [0, 0.05) is 10.9 Å². The molecule has 0 unspecified atom stereocenters. The molecule has 4 aromatic rings. The highest BCUT2D eigenvalue weighted by Crippen LogP contribution is 2.30. The van der Waals surface area contributed by atoms with E-state index in [9.17, 15) is 4.79 Å². The van der Waals surface area contributed by atoms with Crippen LogP contribution in [0.2, 0.25) is 10.0 Å². The van der Waals surface area contributed by atoms with Crippen LogP contribution in [0.1, 0.15) is 22.8 Å². The van der Waals surface area contributed by atoms with E-state index in [-0.39, 0.29) is 16.3 Å². The number of halogens is 2. The lowest BCUT2D eigenvalue weighted by Gasteiger charge is -2.11. The van der Waals surface area contributed by atoms with E-state index in [1.165, 1.54) is 17.4 Å². The Morgan fingerprint density at radius 2 is 1.88 bits per heavy atom. The van der Waals surface area contributed by atoms with E-state index < -0.39 is 5.97 Å². The molecule has 3 aromatic carbocycles. The van der Waals surface area contributed by atoms with E-state index >= 15 is 0 Å². The van der Waals surface area contributed by atoms with E-state index in [1.54, 1.807) is 36.5 Å². The van der Waals surface area contributed by atoms with Crippen molar-refractivity contribution in [1.29, 1.82) is 0 Å². The number of nitrogens with one attached hydrogen (secondary N) is 1. The lowest BCUT2D eigenvalue weighted by molar-refractivity contribution is 0.0728. The first-order valence-corrected chi connectivity index (χ1v) is 11.9. The molecule has 172 valence electrons. The Labute approximate surface area is 210 Å².